The van der Waals surface area contributed by atoms with Crippen LogP contribution in [-0.4, -0.2) is 46.0 Å². The number of imidazole rings is 1. The number of alkyl halides is 3. The molecule has 1 aliphatic rings. The predicted octanol–water partition coefficient (Wildman–Crippen LogP) is 4.59. The number of hydrogen-bond donors (Lipinski definition) is 1. The van der Waals surface area contributed by atoms with Crippen LogP contribution in [-0.2, 0) is 11.3 Å². The van der Waals surface area contributed by atoms with E-state index in [-0.39, 0.29) is 24.1 Å². The van der Waals surface area contributed by atoms with Crippen molar-refractivity contribution in [3.63, 3.8) is 0 Å². The van der Waals surface area contributed by atoms with Crippen LogP contribution in [0.1, 0.15) is 24.2 Å². The maximum Gasteiger partial charge on any atom is 0.411 e. The Kier molecular flexibility index (Phi) is 6.68. The van der Waals surface area contributed by atoms with Crippen molar-refractivity contribution in [3.05, 3.63) is 48.2 Å². The van der Waals surface area contributed by atoms with E-state index in [4.69, 9.17) is 14.2 Å². The number of hydrogen-bond acceptors (Lipinski definition) is 7. The summed E-state index contributed by atoms with van der Waals surface area (Å²) in [5.74, 6) is 1.54. The number of benzene rings is 1. The second-order valence-electron chi connectivity index (χ2n) is 7.82. The average molecular weight is 463 g/mol. The molecule has 8 nitrogen and oxygen atoms in total. The van der Waals surface area contributed by atoms with Gasteiger partial charge >= 0.3 is 6.18 Å². The van der Waals surface area contributed by atoms with Crippen LogP contribution in [0.2, 0.25) is 0 Å². The molecule has 0 amide bonds. The topological polar surface area (TPSA) is 83.3 Å². The molecule has 0 aliphatic heterocycles. The van der Waals surface area contributed by atoms with Crippen LogP contribution in [0.3, 0.4) is 0 Å². The third-order valence-corrected chi connectivity index (χ3v) is 4.86. The first-order chi connectivity index (χ1) is 15.8. The van der Waals surface area contributed by atoms with Crippen molar-refractivity contribution in [3.8, 4) is 17.3 Å². The van der Waals surface area contributed by atoms with Gasteiger partial charge in [-0.3, -0.25) is 0 Å². The SMILES string of the molecule is COc1cc(Nc2nc(COCC(F)(F)F)cc(OCC3CC3)n2)ccc1-n1cnc(C)c1. The molecule has 176 valence electrons. The number of ether oxygens (including phenoxy) is 3. The molecule has 0 atom stereocenters. The monoisotopic (exact) mass is 463 g/mol. The minimum Gasteiger partial charge on any atom is -0.494 e. The second kappa shape index (κ2) is 9.65. The van der Waals surface area contributed by atoms with Crippen molar-refractivity contribution in [2.24, 2.45) is 5.92 Å². The van der Waals surface area contributed by atoms with Crippen molar-refractivity contribution in [2.75, 3.05) is 25.6 Å². The maximum atomic E-state index is 12.4. The van der Waals surface area contributed by atoms with Gasteiger partial charge in [-0.15, -0.1) is 0 Å². The second-order valence-corrected chi connectivity index (χ2v) is 7.82. The summed E-state index contributed by atoms with van der Waals surface area (Å²) in [7, 11) is 1.56. The van der Waals surface area contributed by atoms with Gasteiger partial charge in [0.1, 0.15) is 12.4 Å². The molecule has 1 fully saturated rings. The van der Waals surface area contributed by atoms with Gasteiger partial charge in [0, 0.05) is 24.0 Å². The summed E-state index contributed by atoms with van der Waals surface area (Å²) in [6.07, 6.45) is 1.35. The molecule has 1 saturated carbocycles. The zero-order valence-electron chi connectivity index (χ0n) is 18.2. The van der Waals surface area contributed by atoms with E-state index < -0.39 is 12.8 Å². The first-order valence-electron chi connectivity index (χ1n) is 10.4. The van der Waals surface area contributed by atoms with Gasteiger partial charge in [-0.05, 0) is 37.8 Å². The molecule has 0 bridgehead atoms. The van der Waals surface area contributed by atoms with Crippen LogP contribution in [0.4, 0.5) is 24.8 Å². The number of aromatic nitrogens is 4. The number of nitrogens with one attached hydrogen (secondary N) is 1. The highest BCUT2D eigenvalue weighted by molar-refractivity contribution is 5.62. The molecule has 1 aliphatic carbocycles. The molecule has 0 spiro atoms. The summed E-state index contributed by atoms with van der Waals surface area (Å²) in [4.78, 5) is 12.9. The molecule has 4 rings (SSSR count). The minimum absolute atomic E-state index is 0.183. The van der Waals surface area contributed by atoms with Gasteiger partial charge in [0.25, 0.3) is 0 Å². The highest BCUT2D eigenvalue weighted by Gasteiger charge is 2.27. The van der Waals surface area contributed by atoms with Crippen molar-refractivity contribution < 1.29 is 27.4 Å². The summed E-state index contributed by atoms with van der Waals surface area (Å²) in [6, 6.07) is 6.93. The molecular formula is C22H24F3N5O3. The molecule has 0 radical (unpaired) electrons. The minimum atomic E-state index is -4.41. The Labute approximate surface area is 188 Å². The molecule has 2 heterocycles. The van der Waals surface area contributed by atoms with E-state index in [0.717, 1.165) is 24.2 Å². The molecule has 3 aromatic rings. The molecular weight excluding hydrogens is 439 g/mol. The lowest BCUT2D eigenvalue weighted by Gasteiger charge is -2.14. The van der Waals surface area contributed by atoms with Gasteiger partial charge in [0.15, 0.2) is 0 Å². The Balaban J connectivity index is 1.53. The molecule has 11 heteroatoms. The molecule has 1 N–H and O–H groups in total. The highest BCUT2D eigenvalue weighted by Crippen LogP contribution is 2.31. The summed E-state index contributed by atoms with van der Waals surface area (Å²) in [5, 5.41) is 3.07. The Hall–Kier alpha value is -3.34. The van der Waals surface area contributed by atoms with Crippen LogP contribution in [0.15, 0.2) is 36.8 Å². The fourth-order valence-electron chi connectivity index (χ4n) is 3.09. The molecule has 0 saturated heterocycles. The lowest BCUT2D eigenvalue weighted by atomic mass is 10.2. The average Bonchev–Trinajstić information content (AvgIpc) is 3.50. The lowest BCUT2D eigenvalue weighted by molar-refractivity contribution is -0.176. The van der Waals surface area contributed by atoms with Gasteiger partial charge < -0.3 is 24.1 Å². The van der Waals surface area contributed by atoms with Crippen molar-refractivity contribution in [2.45, 2.75) is 32.5 Å². The zero-order valence-corrected chi connectivity index (χ0v) is 18.2. The van der Waals surface area contributed by atoms with Crippen LogP contribution in [0.5, 0.6) is 11.6 Å². The lowest BCUT2D eigenvalue weighted by Crippen LogP contribution is -2.17. The fraction of sp³-hybridized carbons (Fsp3) is 0.409. The predicted molar refractivity (Wildman–Crippen MR) is 114 cm³/mol. The van der Waals surface area contributed by atoms with E-state index in [1.807, 2.05) is 29.8 Å². The summed E-state index contributed by atoms with van der Waals surface area (Å²) in [6.45, 7) is 0.722. The standard InChI is InChI=1S/C22H24F3N5O3/c1-14-9-30(13-26-14)18-6-5-16(7-19(18)31-2)27-21-28-17(11-32-12-22(23,24)25)8-20(29-21)33-10-15-3-4-15/h5-9,13,15H,3-4,10-12H2,1-2H3,(H,27,28,29). The maximum absolute atomic E-state index is 12.4. The van der Waals surface area contributed by atoms with Gasteiger partial charge in [0.05, 0.1) is 43.7 Å². The molecule has 0 unspecified atom stereocenters. The van der Waals surface area contributed by atoms with E-state index in [1.165, 1.54) is 6.07 Å². The van der Waals surface area contributed by atoms with E-state index in [1.54, 1.807) is 19.5 Å². The van der Waals surface area contributed by atoms with Gasteiger partial charge in [-0.1, -0.05) is 0 Å². The van der Waals surface area contributed by atoms with Gasteiger partial charge in [-0.25, -0.2) is 9.97 Å². The first-order valence-corrected chi connectivity index (χ1v) is 10.4. The summed E-state index contributed by atoms with van der Waals surface area (Å²) in [5.41, 5.74) is 2.58. The number of aryl methyl sites for hydroxylation is 1. The third kappa shape index (κ3) is 6.58. The normalized spacial score (nSPS) is 13.7. The third-order valence-electron chi connectivity index (χ3n) is 4.86. The first kappa shape index (κ1) is 22.8. The fourth-order valence-corrected chi connectivity index (χ4v) is 3.09. The summed E-state index contributed by atoms with van der Waals surface area (Å²) >= 11 is 0. The smallest absolute Gasteiger partial charge is 0.411 e. The Morgan fingerprint density at radius 2 is 2.00 bits per heavy atom. The van der Waals surface area contributed by atoms with Crippen molar-refractivity contribution in [1.82, 2.24) is 19.5 Å². The molecule has 1 aromatic carbocycles. The van der Waals surface area contributed by atoms with Crippen molar-refractivity contribution >= 4 is 11.6 Å². The van der Waals surface area contributed by atoms with E-state index in [0.29, 0.717) is 24.0 Å². The Bertz CT molecular complexity index is 1100. The van der Waals surface area contributed by atoms with E-state index in [2.05, 4.69) is 20.3 Å². The largest absolute Gasteiger partial charge is 0.494 e. The van der Waals surface area contributed by atoms with Crippen LogP contribution < -0.4 is 14.8 Å². The Morgan fingerprint density at radius 1 is 1.18 bits per heavy atom. The quantitative estimate of drug-likeness (QED) is 0.471. The highest BCUT2D eigenvalue weighted by atomic mass is 19.4. The van der Waals surface area contributed by atoms with E-state index >= 15 is 0 Å². The number of nitrogens with zero attached hydrogens (tertiary/aromatic N) is 4. The van der Waals surface area contributed by atoms with Gasteiger partial charge in [0.2, 0.25) is 11.8 Å². The van der Waals surface area contributed by atoms with Gasteiger partial charge in [-0.2, -0.15) is 18.2 Å². The van der Waals surface area contributed by atoms with E-state index in [9.17, 15) is 13.2 Å². The van der Waals surface area contributed by atoms with Crippen LogP contribution >= 0.6 is 0 Å². The van der Waals surface area contributed by atoms with Crippen molar-refractivity contribution in [1.29, 1.82) is 0 Å². The summed E-state index contributed by atoms with van der Waals surface area (Å²) < 4.78 is 55.1. The van der Waals surface area contributed by atoms with Crippen LogP contribution in [0, 0.1) is 12.8 Å². The number of methoxy groups -OCH3 is 1. The number of rotatable bonds is 10. The Morgan fingerprint density at radius 3 is 2.67 bits per heavy atom. The van der Waals surface area contributed by atoms with Crippen LogP contribution in [0.25, 0.3) is 5.69 Å². The molecule has 2 aromatic heterocycles. The molecule has 33 heavy (non-hydrogen) atoms. The number of anilines is 2. The number of halogens is 3. The zero-order chi connectivity index (χ0) is 23.4.